The second-order valence-corrected chi connectivity index (χ2v) is 9.44. The van der Waals surface area contributed by atoms with Gasteiger partial charge in [0.1, 0.15) is 0 Å². The van der Waals surface area contributed by atoms with Crippen molar-refractivity contribution in [2.45, 2.75) is 38.0 Å². The van der Waals surface area contributed by atoms with Crippen molar-refractivity contribution in [2.75, 3.05) is 7.11 Å². The first-order valence-corrected chi connectivity index (χ1v) is 12.6. The van der Waals surface area contributed by atoms with E-state index in [1.807, 2.05) is 36.6 Å². The maximum Gasteiger partial charge on any atom is 0.338 e. The summed E-state index contributed by atoms with van der Waals surface area (Å²) < 4.78 is 9.45. The molecule has 3 atom stereocenters. The Hall–Kier alpha value is -4.02. The third kappa shape index (κ3) is 6.60. The number of carbonyl (C=O) groups is 4. The summed E-state index contributed by atoms with van der Waals surface area (Å²) in [6.45, 7) is 1.93. The fourth-order valence-corrected chi connectivity index (χ4v) is 4.57. The van der Waals surface area contributed by atoms with Gasteiger partial charge in [-0.1, -0.05) is 42.5 Å². The van der Waals surface area contributed by atoms with Crippen LogP contribution >= 0.6 is 11.3 Å². The van der Waals surface area contributed by atoms with Crippen LogP contribution in [-0.4, -0.2) is 43.0 Å². The Kier molecular flexibility index (Phi) is 8.32. The van der Waals surface area contributed by atoms with E-state index in [-0.39, 0.29) is 24.8 Å². The van der Waals surface area contributed by atoms with Crippen LogP contribution in [0.3, 0.4) is 0 Å². The van der Waals surface area contributed by atoms with Crippen LogP contribution < -0.4 is 16.2 Å². The van der Waals surface area contributed by atoms with Crippen LogP contribution in [0.2, 0.25) is 0 Å². The predicted molar refractivity (Wildman–Crippen MR) is 137 cm³/mol. The zero-order chi connectivity index (χ0) is 26.4. The lowest BCUT2D eigenvalue weighted by Gasteiger charge is -2.17. The number of benzene rings is 2. The highest BCUT2D eigenvalue weighted by atomic mass is 32.1. The van der Waals surface area contributed by atoms with E-state index in [0.29, 0.717) is 11.1 Å². The number of aryl methyl sites for hydroxylation is 1. The van der Waals surface area contributed by atoms with E-state index in [0.717, 1.165) is 16.0 Å². The second-order valence-electron chi connectivity index (χ2n) is 8.49. The number of hydrazine groups is 1. The highest BCUT2D eigenvalue weighted by molar-refractivity contribution is 7.13. The van der Waals surface area contributed by atoms with E-state index in [4.69, 9.17) is 4.74 Å². The van der Waals surface area contributed by atoms with Gasteiger partial charge >= 0.3 is 5.97 Å². The van der Waals surface area contributed by atoms with Gasteiger partial charge < -0.3 is 14.8 Å². The Balaban J connectivity index is 1.30. The molecule has 1 saturated heterocycles. The molecule has 0 spiro atoms. The third-order valence-corrected chi connectivity index (χ3v) is 6.85. The summed E-state index contributed by atoms with van der Waals surface area (Å²) in [7, 11) is 1.20. The van der Waals surface area contributed by atoms with Crippen molar-refractivity contribution in [2.24, 2.45) is 0 Å². The number of rotatable bonds is 9. The lowest BCUT2D eigenvalue weighted by Crippen LogP contribution is -2.44. The Labute approximate surface area is 218 Å². The number of hydrogen-bond acceptors (Lipinski definition) is 7. The molecule has 10 heteroatoms. The Morgan fingerprint density at radius 2 is 1.81 bits per heavy atom. The van der Waals surface area contributed by atoms with E-state index in [1.165, 1.54) is 7.11 Å². The topological polar surface area (TPSA) is 126 Å². The highest BCUT2D eigenvalue weighted by Crippen LogP contribution is 2.27. The molecule has 0 bridgehead atoms. The number of nitrogens with one attached hydrogen (secondary N) is 3. The molecule has 0 aliphatic carbocycles. The van der Waals surface area contributed by atoms with E-state index in [1.54, 1.807) is 35.6 Å². The predicted octanol–water partition coefficient (Wildman–Crippen LogP) is 2.93. The zero-order valence-electron chi connectivity index (χ0n) is 20.4. The minimum absolute atomic E-state index is 0.0366. The van der Waals surface area contributed by atoms with Gasteiger partial charge in [0.2, 0.25) is 5.91 Å². The number of methoxy groups -OCH3 is 1. The molecule has 1 aliphatic rings. The van der Waals surface area contributed by atoms with Crippen LogP contribution in [0.1, 0.15) is 40.9 Å². The van der Waals surface area contributed by atoms with Gasteiger partial charge in [-0.3, -0.25) is 25.2 Å². The first kappa shape index (κ1) is 26.1. The monoisotopic (exact) mass is 521 g/mol. The first-order valence-electron chi connectivity index (χ1n) is 11.7. The molecular formula is C27H27N3O6S. The molecule has 1 fully saturated rings. The molecule has 2 unspecified atom stereocenters. The highest BCUT2D eigenvalue weighted by Gasteiger charge is 2.51. The molecule has 2 heterocycles. The standard InChI is InChI=1S/C27H27N3O6S/c1-16(18-8-5-9-19(15-18)21-11-6-14-37-21)28-25(32)20-10-4-3-7-17(20)12-13-22(31)29-30-26(33)23-24(36-23)27(34)35-2/h3-11,14-16,23-24H,12-13H2,1-2H3,(H,28,32)(H,29,31)(H,30,33)/t16-,23?,24?/m1/s1. The lowest BCUT2D eigenvalue weighted by atomic mass is 10.0. The van der Waals surface area contributed by atoms with E-state index in [2.05, 4.69) is 33.0 Å². The molecule has 3 amide bonds. The molecule has 2 aromatic carbocycles. The quantitative estimate of drug-likeness (QED) is 0.226. The fraction of sp³-hybridized carbons (Fsp3) is 0.259. The molecule has 192 valence electrons. The largest absolute Gasteiger partial charge is 0.467 e. The van der Waals surface area contributed by atoms with Crippen LogP contribution in [-0.2, 0) is 30.3 Å². The lowest BCUT2D eigenvalue weighted by molar-refractivity contribution is -0.142. The van der Waals surface area contributed by atoms with E-state index in [9.17, 15) is 19.2 Å². The summed E-state index contributed by atoms with van der Waals surface area (Å²) in [6, 6.07) is 19.0. The molecule has 4 rings (SSSR count). The van der Waals surface area contributed by atoms with Crippen LogP contribution in [0.4, 0.5) is 0 Å². The molecular weight excluding hydrogens is 494 g/mol. The van der Waals surface area contributed by atoms with Crippen molar-refractivity contribution in [3.8, 4) is 10.4 Å². The third-order valence-electron chi connectivity index (χ3n) is 5.93. The Bertz CT molecular complexity index is 1290. The Morgan fingerprint density at radius 1 is 1.00 bits per heavy atom. The number of hydrogen-bond donors (Lipinski definition) is 3. The zero-order valence-corrected chi connectivity index (χ0v) is 21.2. The van der Waals surface area contributed by atoms with Crippen molar-refractivity contribution in [3.63, 3.8) is 0 Å². The van der Waals surface area contributed by atoms with Gasteiger partial charge in [0, 0.05) is 16.9 Å². The smallest absolute Gasteiger partial charge is 0.338 e. The number of esters is 1. The van der Waals surface area contributed by atoms with Crippen molar-refractivity contribution in [1.29, 1.82) is 0 Å². The molecule has 0 radical (unpaired) electrons. The average Bonchev–Trinajstić information content (AvgIpc) is 3.54. The van der Waals surface area contributed by atoms with E-state index < -0.39 is 30.0 Å². The summed E-state index contributed by atoms with van der Waals surface area (Å²) in [5.41, 5.74) is 7.81. The Morgan fingerprint density at radius 3 is 2.57 bits per heavy atom. The normalized spacial score (nSPS) is 16.8. The number of thiophene rings is 1. The van der Waals surface area contributed by atoms with E-state index >= 15 is 0 Å². The minimum atomic E-state index is -0.981. The second kappa shape index (κ2) is 11.8. The maximum atomic E-state index is 13.1. The van der Waals surface area contributed by atoms with Crippen LogP contribution in [0.25, 0.3) is 10.4 Å². The summed E-state index contributed by atoms with van der Waals surface area (Å²) in [6.07, 6.45) is -1.61. The van der Waals surface area contributed by atoms with Crippen LogP contribution in [0, 0.1) is 0 Å². The van der Waals surface area contributed by atoms with Gasteiger partial charge in [-0.15, -0.1) is 11.3 Å². The van der Waals surface area contributed by atoms with Gasteiger partial charge in [0.25, 0.3) is 11.8 Å². The minimum Gasteiger partial charge on any atom is -0.467 e. The summed E-state index contributed by atoms with van der Waals surface area (Å²) >= 11 is 1.66. The number of epoxide rings is 1. The molecule has 3 N–H and O–H groups in total. The number of ether oxygens (including phenoxy) is 2. The van der Waals surface area contributed by atoms with Gasteiger partial charge in [0.05, 0.1) is 13.2 Å². The SMILES string of the molecule is COC(=O)C1OC1C(=O)NNC(=O)CCc1ccccc1C(=O)N[C@H](C)c1cccc(-c2cccs2)c1. The van der Waals surface area contributed by atoms with Gasteiger partial charge in [-0.2, -0.15) is 0 Å². The molecule has 1 aromatic heterocycles. The summed E-state index contributed by atoms with van der Waals surface area (Å²) in [5, 5.41) is 5.07. The van der Waals surface area contributed by atoms with Gasteiger partial charge in [-0.25, -0.2) is 4.79 Å². The van der Waals surface area contributed by atoms with Crippen molar-refractivity contribution >= 4 is 35.0 Å². The molecule has 0 saturated carbocycles. The summed E-state index contributed by atoms with van der Waals surface area (Å²) in [4.78, 5) is 49.8. The van der Waals surface area contributed by atoms with Crippen molar-refractivity contribution < 1.29 is 28.7 Å². The van der Waals surface area contributed by atoms with Crippen molar-refractivity contribution in [1.82, 2.24) is 16.2 Å². The van der Waals surface area contributed by atoms with Crippen molar-refractivity contribution in [3.05, 3.63) is 82.7 Å². The number of carbonyl (C=O) groups excluding carboxylic acids is 4. The number of amides is 3. The first-order chi connectivity index (χ1) is 17.9. The molecule has 37 heavy (non-hydrogen) atoms. The fourth-order valence-electron chi connectivity index (χ4n) is 3.84. The van der Waals surface area contributed by atoms with Crippen LogP contribution in [0.15, 0.2) is 66.0 Å². The van der Waals surface area contributed by atoms with Crippen LogP contribution in [0.5, 0.6) is 0 Å². The average molecular weight is 522 g/mol. The molecule has 1 aliphatic heterocycles. The summed E-state index contributed by atoms with van der Waals surface area (Å²) in [5.74, 6) is -1.97. The van der Waals surface area contributed by atoms with Gasteiger partial charge in [-0.05, 0) is 53.6 Å². The molecule has 9 nitrogen and oxygen atoms in total. The maximum absolute atomic E-state index is 13.1. The molecule has 3 aromatic rings. The van der Waals surface area contributed by atoms with Gasteiger partial charge in [0.15, 0.2) is 12.2 Å².